The molecule has 7 nitrogen and oxygen atoms in total. The molecule has 1 heterocycles. The molecule has 1 aromatic heterocycles. The smallest absolute Gasteiger partial charge is 0.345 e. The van der Waals surface area contributed by atoms with Gasteiger partial charge in [0.15, 0.2) is 5.56 Å². The van der Waals surface area contributed by atoms with Crippen LogP contribution in [-0.4, -0.2) is 30.7 Å². The lowest BCUT2D eigenvalue weighted by Gasteiger charge is -2.07. The van der Waals surface area contributed by atoms with E-state index < -0.39 is 5.97 Å². The molecule has 0 aliphatic carbocycles. The highest BCUT2D eigenvalue weighted by atomic mass is 35.5. The van der Waals surface area contributed by atoms with Gasteiger partial charge in [0.25, 0.3) is 0 Å². The Labute approximate surface area is 182 Å². The van der Waals surface area contributed by atoms with Crippen LogP contribution in [0.1, 0.15) is 23.2 Å². The van der Waals surface area contributed by atoms with Crippen molar-refractivity contribution in [2.75, 3.05) is 19.0 Å². The van der Waals surface area contributed by atoms with Gasteiger partial charge in [0.2, 0.25) is 11.8 Å². The molecule has 0 saturated carbocycles. The van der Waals surface area contributed by atoms with E-state index >= 15 is 0 Å². The van der Waals surface area contributed by atoms with E-state index in [9.17, 15) is 9.59 Å². The van der Waals surface area contributed by atoms with E-state index in [1.807, 2.05) is 30.3 Å². The highest BCUT2D eigenvalue weighted by Crippen LogP contribution is 2.38. The fourth-order valence-corrected chi connectivity index (χ4v) is 3.27. The van der Waals surface area contributed by atoms with Gasteiger partial charge in [-0.3, -0.25) is 10.1 Å². The second kappa shape index (κ2) is 10.1. The second-order valence-electron chi connectivity index (χ2n) is 6.14. The minimum absolute atomic E-state index is 0.0682. The van der Waals surface area contributed by atoms with Crippen LogP contribution in [0.25, 0.3) is 11.3 Å². The number of carbonyl (C=O) groups is 2. The van der Waals surface area contributed by atoms with Gasteiger partial charge in [-0.1, -0.05) is 52.6 Å². The van der Waals surface area contributed by atoms with E-state index in [0.29, 0.717) is 18.6 Å². The minimum Gasteiger partial charge on any atom is -0.494 e. The SMILES string of the molecule is COC(=O)c1c(-c2c(Cl)cccc2Cl)noc1NC(=O)CCCOc1ccccc1. The molecule has 0 unspecified atom stereocenters. The number of methoxy groups -OCH3 is 1. The first-order valence-corrected chi connectivity index (χ1v) is 9.77. The quantitative estimate of drug-likeness (QED) is 0.374. The van der Waals surface area contributed by atoms with Gasteiger partial charge >= 0.3 is 5.97 Å². The molecule has 0 radical (unpaired) electrons. The van der Waals surface area contributed by atoms with Gasteiger partial charge in [0.1, 0.15) is 11.4 Å². The molecule has 0 fully saturated rings. The number of aromatic nitrogens is 1. The van der Waals surface area contributed by atoms with Gasteiger partial charge in [0.05, 0.1) is 23.8 Å². The van der Waals surface area contributed by atoms with Crippen molar-refractivity contribution in [2.45, 2.75) is 12.8 Å². The van der Waals surface area contributed by atoms with Crippen LogP contribution in [0.2, 0.25) is 10.0 Å². The largest absolute Gasteiger partial charge is 0.494 e. The Morgan fingerprint density at radius 2 is 1.77 bits per heavy atom. The van der Waals surface area contributed by atoms with Gasteiger partial charge in [-0.15, -0.1) is 0 Å². The molecule has 30 heavy (non-hydrogen) atoms. The topological polar surface area (TPSA) is 90.7 Å². The lowest BCUT2D eigenvalue weighted by Crippen LogP contribution is -2.15. The maximum Gasteiger partial charge on any atom is 0.345 e. The number of hydrogen-bond acceptors (Lipinski definition) is 6. The fourth-order valence-electron chi connectivity index (χ4n) is 2.69. The standard InChI is InChI=1S/C21H18Cl2N2O5/c1-28-21(27)18-19(17-14(22)9-5-10-15(17)23)25-30-20(18)24-16(26)11-6-12-29-13-7-3-2-4-8-13/h2-5,7-10H,6,11-12H2,1H3,(H,24,26). The zero-order valence-corrected chi connectivity index (χ0v) is 17.5. The van der Waals surface area contributed by atoms with Gasteiger partial charge in [-0.2, -0.15) is 0 Å². The molecule has 1 N–H and O–H groups in total. The van der Waals surface area contributed by atoms with E-state index in [0.717, 1.165) is 5.75 Å². The van der Waals surface area contributed by atoms with E-state index in [2.05, 4.69) is 10.5 Å². The second-order valence-corrected chi connectivity index (χ2v) is 6.95. The van der Waals surface area contributed by atoms with Gasteiger partial charge in [-0.05, 0) is 30.7 Å². The molecule has 0 saturated heterocycles. The van der Waals surface area contributed by atoms with Crippen LogP contribution in [0.15, 0.2) is 53.1 Å². The van der Waals surface area contributed by atoms with E-state index in [4.69, 9.17) is 37.2 Å². The molecule has 0 spiro atoms. The monoisotopic (exact) mass is 448 g/mol. The summed E-state index contributed by atoms with van der Waals surface area (Å²) in [6, 6.07) is 14.1. The molecule has 9 heteroatoms. The van der Waals surface area contributed by atoms with Crippen molar-refractivity contribution >= 4 is 41.0 Å². The Bertz CT molecular complexity index is 1020. The Balaban J connectivity index is 1.70. The van der Waals surface area contributed by atoms with Gasteiger partial charge in [0, 0.05) is 12.0 Å². The Hall–Kier alpha value is -3.03. The van der Waals surface area contributed by atoms with Crippen LogP contribution < -0.4 is 10.1 Å². The molecule has 0 aliphatic heterocycles. The lowest BCUT2D eigenvalue weighted by atomic mass is 10.1. The predicted octanol–water partition coefficient (Wildman–Crippen LogP) is 5.23. The average molecular weight is 449 g/mol. The average Bonchev–Trinajstić information content (AvgIpc) is 3.14. The molecular formula is C21H18Cl2N2O5. The number of halogens is 2. The lowest BCUT2D eigenvalue weighted by molar-refractivity contribution is -0.116. The molecule has 3 aromatic rings. The number of ether oxygens (including phenoxy) is 2. The summed E-state index contributed by atoms with van der Waals surface area (Å²) < 4.78 is 15.6. The van der Waals surface area contributed by atoms with Crippen LogP contribution >= 0.6 is 23.2 Å². The first kappa shape index (κ1) is 21.7. The first-order valence-electron chi connectivity index (χ1n) is 9.01. The summed E-state index contributed by atoms with van der Waals surface area (Å²) in [5.41, 5.74) is 0.322. The third-order valence-electron chi connectivity index (χ3n) is 4.09. The Morgan fingerprint density at radius 1 is 1.07 bits per heavy atom. The van der Waals surface area contributed by atoms with Crippen LogP contribution in [0.5, 0.6) is 5.75 Å². The maximum absolute atomic E-state index is 12.3. The molecular weight excluding hydrogens is 431 g/mol. The van der Waals surface area contributed by atoms with E-state index in [-0.39, 0.29) is 39.5 Å². The van der Waals surface area contributed by atoms with Crippen molar-refractivity contribution in [3.8, 4) is 17.0 Å². The number of carbonyl (C=O) groups excluding carboxylic acids is 2. The van der Waals surface area contributed by atoms with Crippen LogP contribution in [0, 0.1) is 0 Å². The first-order chi connectivity index (χ1) is 14.5. The number of benzene rings is 2. The van der Waals surface area contributed by atoms with Crippen LogP contribution in [0.4, 0.5) is 5.88 Å². The summed E-state index contributed by atoms with van der Waals surface area (Å²) in [7, 11) is 1.21. The molecule has 0 bridgehead atoms. The number of rotatable bonds is 8. The van der Waals surface area contributed by atoms with Crippen LogP contribution in [0.3, 0.4) is 0 Å². The number of amides is 1. The normalized spacial score (nSPS) is 10.5. The Morgan fingerprint density at radius 3 is 2.43 bits per heavy atom. The number of para-hydroxylation sites is 1. The molecule has 3 rings (SSSR count). The van der Waals surface area contributed by atoms with Crippen molar-refractivity contribution < 1.29 is 23.6 Å². The number of anilines is 1. The maximum atomic E-state index is 12.3. The van der Waals surface area contributed by atoms with Gasteiger partial charge in [-0.25, -0.2) is 4.79 Å². The van der Waals surface area contributed by atoms with E-state index in [1.54, 1.807) is 18.2 Å². The summed E-state index contributed by atoms with van der Waals surface area (Å²) in [5, 5.41) is 6.97. The van der Waals surface area contributed by atoms with Crippen LogP contribution in [-0.2, 0) is 9.53 Å². The summed E-state index contributed by atoms with van der Waals surface area (Å²) in [4.78, 5) is 24.6. The highest BCUT2D eigenvalue weighted by Gasteiger charge is 2.28. The number of hydrogen-bond donors (Lipinski definition) is 1. The van der Waals surface area contributed by atoms with Crippen molar-refractivity contribution in [3.63, 3.8) is 0 Å². The third-order valence-corrected chi connectivity index (χ3v) is 4.72. The molecule has 2 aromatic carbocycles. The minimum atomic E-state index is -0.745. The van der Waals surface area contributed by atoms with Crippen molar-refractivity contribution in [2.24, 2.45) is 0 Å². The number of esters is 1. The molecule has 0 aliphatic rings. The fraction of sp³-hybridized carbons (Fsp3) is 0.190. The highest BCUT2D eigenvalue weighted by molar-refractivity contribution is 6.39. The van der Waals surface area contributed by atoms with Gasteiger partial charge < -0.3 is 14.0 Å². The molecule has 156 valence electrons. The summed E-state index contributed by atoms with van der Waals surface area (Å²) >= 11 is 12.4. The van der Waals surface area contributed by atoms with Crippen molar-refractivity contribution in [1.29, 1.82) is 0 Å². The van der Waals surface area contributed by atoms with Crippen molar-refractivity contribution in [1.82, 2.24) is 5.16 Å². The molecule has 0 atom stereocenters. The number of nitrogens with one attached hydrogen (secondary N) is 1. The summed E-state index contributed by atoms with van der Waals surface area (Å²) in [6.07, 6.45) is 0.613. The van der Waals surface area contributed by atoms with E-state index in [1.165, 1.54) is 7.11 Å². The molecule has 1 amide bonds. The number of nitrogens with zero attached hydrogens (tertiary/aromatic N) is 1. The van der Waals surface area contributed by atoms with Crippen molar-refractivity contribution in [3.05, 3.63) is 64.1 Å². The zero-order valence-electron chi connectivity index (χ0n) is 16.0. The predicted molar refractivity (Wildman–Crippen MR) is 113 cm³/mol. The zero-order chi connectivity index (χ0) is 21.5. The summed E-state index contributed by atoms with van der Waals surface area (Å²) in [6.45, 7) is 0.359. The third kappa shape index (κ3) is 5.11. The summed E-state index contributed by atoms with van der Waals surface area (Å²) in [5.74, 6) is -0.529. The Kier molecular flexibility index (Phi) is 7.32.